The van der Waals surface area contributed by atoms with Crippen LogP contribution >= 0.6 is 0 Å². The second-order valence-corrected chi connectivity index (χ2v) is 9.36. The number of amides is 1. The summed E-state index contributed by atoms with van der Waals surface area (Å²) in [5.74, 6) is -0.0382. The van der Waals surface area contributed by atoms with Crippen molar-refractivity contribution in [3.8, 4) is 6.07 Å². The molecule has 1 heterocycles. The highest BCUT2D eigenvalue weighted by atomic mass is 19.4. The Morgan fingerprint density at radius 3 is 2.00 bits per heavy atom. The summed E-state index contributed by atoms with van der Waals surface area (Å²) in [6, 6.07) is 3.86. The highest BCUT2D eigenvalue weighted by Crippen LogP contribution is 2.39. The molecule has 0 unspecified atom stereocenters. The molecule has 1 aliphatic carbocycles. The lowest BCUT2D eigenvalue weighted by Gasteiger charge is -2.35. The molecule has 0 spiro atoms. The number of carbonyl (C=O) groups excluding carboxylic acids is 1. The minimum absolute atomic E-state index is 0.110. The number of likely N-dealkylation sites (tertiary alicyclic amines) is 1. The molecule has 1 N–H and O–H groups in total. The molecule has 34 heavy (non-hydrogen) atoms. The molecule has 0 aromatic heterocycles. The number of hydrogen-bond donors (Lipinski definition) is 1. The Morgan fingerprint density at radius 1 is 0.941 bits per heavy atom. The minimum Gasteiger partial charge on any atom is -0.352 e. The predicted octanol–water partition coefficient (Wildman–Crippen LogP) is 5.88. The number of piperidine rings is 1. The first-order valence-electron chi connectivity index (χ1n) is 11.6. The zero-order valence-electron chi connectivity index (χ0n) is 18.8. The maximum absolute atomic E-state index is 13.2. The molecule has 1 aliphatic heterocycles. The molecule has 1 aromatic rings. The van der Waals surface area contributed by atoms with Crippen LogP contribution in [0.25, 0.3) is 0 Å². The molecule has 3 rings (SSSR count). The van der Waals surface area contributed by atoms with E-state index in [1.807, 2.05) is 6.07 Å². The number of nitriles is 1. The van der Waals surface area contributed by atoms with E-state index in [0.29, 0.717) is 31.8 Å². The molecule has 1 aromatic carbocycles. The van der Waals surface area contributed by atoms with E-state index in [1.165, 1.54) is 0 Å². The van der Waals surface area contributed by atoms with Gasteiger partial charge in [0.15, 0.2) is 0 Å². The van der Waals surface area contributed by atoms with E-state index in [9.17, 15) is 31.1 Å². The second kappa shape index (κ2) is 11.0. The van der Waals surface area contributed by atoms with Crippen molar-refractivity contribution in [1.29, 1.82) is 5.26 Å². The predicted molar refractivity (Wildman–Crippen MR) is 114 cm³/mol. The molecule has 2 fully saturated rings. The lowest BCUT2D eigenvalue weighted by molar-refractivity contribution is -0.143. The number of rotatable bonds is 6. The normalized spacial score (nSPS) is 22.9. The first kappa shape index (κ1) is 26.3. The van der Waals surface area contributed by atoms with Gasteiger partial charge >= 0.3 is 12.4 Å². The fourth-order valence-electron chi connectivity index (χ4n) is 5.02. The molecule has 188 valence electrons. The van der Waals surface area contributed by atoms with E-state index in [4.69, 9.17) is 5.26 Å². The summed E-state index contributed by atoms with van der Waals surface area (Å²) in [4.78, 5) is 13.8. The quantitative estimate of drug-likeness (QED) is 0.508. The molecule has 4 nitrogen and oxygen atoms in total. The van der Waals surface area contributed by atoms with Crippen LogP contribution in [0.1, 0.15) is 74.0 Å². The molecule has 1 amide bonds. The van der Waals surface area contributed by atoms with Crippen molar-refractivity contribution < 1.29 is 31.1 Å². The van der Waals surface area contributed by atoms with Gasteiger partial charge in [0.05, 0.1) is 17.2 Å². The van der Waals surface area contributed by atoms with E-state index >= 15 is 0 Å². The third-order valence-electron chi connectivity index (χ3n) is 6.97. The van der Waals surface area contributed by atoms with Crippen LogP contribution in [0.5, 0.6) is 0 Å². The highest BCUT2D eigenvalue weighted by molar-refractivity contribution is 5.78. The third kappa shape index (κ3) is 7.36. The van der Waals surface area contributed by atoms with Crippen LogP contribution in [0.15, 0.2) is 18.2 Å². The smallest absolute Gasteiger partial charge is 0.352 e. The van der Waals surface area contributed by atoms with E-state index in [-0.39, 0.29) is 35.9 Å². The van der Waals surface area contributed by atoms with E-state index < -0.39 is 23.5 Å². The summed E-state index contributed by atoms with van der Waals surface area (Å²) in [6.45, 7) is 2.13. The van der Waals surface area contributed by atoms with Crippen molar-refractivity contribution >= 4 is 5.91 Å². The molecular weight excluding hydrogens is 460 g/mol. The Balaban J connectivity index is 1.48. The van der Waals surface area contributed by atoms with Crippen molar-refractivity contribution in [2.45, 2.75) is 75.7 Å². The van der Waals surface area contributed by atoms with Crippen molar-refractivity contribution in [2.24, 2.45) is 5.92 Å². The van der Waals surface area contributed by atoms with Gasteiger partial charge in [-0.3, -0.25) is 4.79 Å². The van der Waals surface area contributed by atoms with Gasteiger partial charge in [0.2, 0.25) is 5.91 Å². The second-order valence-electron chi connectivity index (χ2n) is 9.36. The Hall–Kier alpha value is -2.28. The zero-order chi connectivity index (χ0) is 24.9. The molecule has 1 saturated heterocycles. The number of halogens is 6. The number of nitrogens with zero attached hydrogens (tertiary/aromatic N) is 2. The first-order valence-corrected chi connectivity index (χ1v) is 11.6. The van der Waals surface area contributed by atoms with Crippen LogP contribution < -0.4 is 5.32 Å². The zero-order valence-corrected chi connectivity index (χ0v) is 18.8. The lowest BCUT2D eigenvalue weighted by Crippen LogP contribution is -2.38. The SMILES string of the molecule is N#CCC(=O)NC1CCC(CCN2CCC(c3cc(C(F)(F)F)cc(C(F)(F)F)c3)CC2)CC1. The lowest BCUT2D eigenvalue weighted by atomic mass is 9.83. The van der Waals surface area contributed by atoms with Gasteiger partial charge in [0.1, 0.15) is 6.42 Å². The van der Waals surface area contributed by atoms with Crippen LogP contribution in [-0.4, -0.2) is 36.5 Å². The van der Waals surface area contributed by atoms with Crippen LogP contribution in [0.4, 0.5) is 26.3 Å². The maximum atomic E-state index is 13.2. The van der Waals surface area contributed by atoms with E-state index in [0.717, 1.165) is 50.8 Å². The van der Waals surface area contributed by atoms with Crippen molar-refractivity contribution in [3.63, 3.8) is 0 Å². The van der Waals surface area contributed by atoms with Gasteiger partial charge in [-0.2, -0.15) is 31.6 Å². The maximum Gasteiger partial charge on any atom is 0.416 e. The fourth-order valence-corrected chi connectivity index (χ4v) is 5.02. The van der Waals surface area contributed by atoms with Gasteiger partial charge in [-0.05, 0) is 100 Å². The van der Waals surface area contributed by atoms with Crippen molar-refractivity contribution in [1.82, 2.24) is 10.2 Å². The molecule has 1 saturated carbocycles. The molecule has 0 atom stereocenters. The highest BCUT2D eigenvalue weighted by Gasteiger charge is 2.38. The molecular formula is C24H29F6N3O. The molecule has 2 aliphatic rings. The van der Waals surface area contributed by atoms with Gasteiger partial charge in [-0.25, -0.2) is 0 Å². The monoisotopic (exact) mass is 489 g/mol. The number of carbonyl (C=O) groups is 1. The van der Waals surface area contributed by atoms with Crippen LogP contribution in [-0.2, 0) is 17.1 Å². The summed E-state index contributed by atoms with van der Waals surface area (Å²) in [5, 5.41) is 11.4. The average Bonchev–Trinajstić information content (AvgIpc) is 2.78. The third-order valence-corrected chi connectivity index (χ3v) is 6.97. The minimum atomic E-state index is -4.83. The van der Waals surface area contributed by atoms with Crippen molar-refractivity contribution in [2.75, 3.05) is 19.6 Å². The van der Waals surface area contributed by atoms with E-state index in [2.05, 4.69) is 10.2 Å². The molecule has 0 bridgehead atoms. The summed E-state index contributed by atoms with van der Waals surface area (Å²) in [5.41, 5.74) is -2.39. The van der Waals surface area contributed by atoms with Crippen molar-refractivity contribution in [3.05, 3.63) is 34.9 Å². The fraction of sp³-hybridized carbons (Fsp3) is 0.667. The Kier molecular flexibility index (Phi) is 8.50. The topological polar surface area (TPSA) is 56.1 Å². The van der Waals surface area contributed by atoms with Gasteiger partial charge in [-0.1, -0.05) is 0 Å². The van der Waals surface area contributed by atoms with Crippen LogP contribution in [0.3, 0.4) is 0 Å². The van der Waals surface area contributed by atoms with Gasteiger partial charge in [-0.15, -0.1) is 0 Å². The summed E-state index contributed by atoms with van der Waals surface area (Å²) in [7, 11) is 0. The number of nitrogens with one attached hydrogen (secondary N) is 1. The number of benzene rings is 1. The first-order chi connectivity index (χ1) is 16.0. The number of hydrogen-bond acceptors (Lipinski definition) is 3. The van der Waals surface area contributed by atoms with Crippen LogP contribution in [0.2, 0.25) is 0 Å². The summed E-state index contributed by atoms with van der Waals surface area (Å²) >= 11 is 0. The van der Waals surface area contributed by atoms with Gasteiger partial charge in [0, 0.05) is 6.04 Å². The number of alkyl halides is 6. The Morgan fingerprint density at radius 2 is 1.50 bits per heavy atom. The summed E-state index contributed by atoms with van der Waals surface area (Å²) in [6.07, 6.45) is -4.03. The Labute approximate surface area is 195 Å². The average molecular weight is 490 g/mol. The summed E-state index contributed by atoms with van der Waals surface area (Å²) < 4.78 is 78.9. The molecule has 10 heteroatoms. The van der Waals surface area contributed by atoms with Gasteiger partial charge in [0.25, 0.3) is 0 Å². The largest absolute Gasteiger partial charge is 0.416 e. The standard InChI is InChI=1S/C24H29F6N3O/c25-23(26,27)19-13-18(14-20(15-19)24(28,29)30)17-7-11-33(12-8-17)10-6-16-1-3-21(4-2-16)32-22(34)5-9-31/h13-17,21H,1-8,10-12H2,(H,32,34). The van der Waals surface area contributed by atoms with Gasteiger partial charge < -0.3 is 10.2 Å². The van der Waals surface area contributed by atoms with E-state index in [1.54, 1.807) is 0 Å². The Bertz CT molecular complexity index is 844. The van der Waals surface area contributed by atoms with Crippen LogP contribution in [0, 0.1) is 17.2 Å². The molecule has 0 radical (unpaired) electrons.